The molecule has 1 amide bonds. The molecule has 0 bridgehead atoms. The monoisotopic (exact) mass is 311 g/mol. The lowest BCUT2D eigenvalue weighted by Crippen LogP contribution is -2.36. The Morgan fingerprint density at radius 1 is 1.30 bits per heavy atom. The Hall–Kier alpha value is -1.77. The first-order valence-corrected chi connectivity index (χ1v) is 8.13. The molecule has 2 N–H and O–H groups in total. The molecule has 0 aliphatic rings. The third-order valence-corrected chi connectivity index (χ3v) is 5.19. The number of carbonyl (C=O) groups excluding carboxylic acids is 1. The van der Waals surface area contributed by atoms with E-state index in [1.165, 1.54) is 6.07 Å². The van der Waals surface area contributed by atoms with Crippen molar-refractivity contribution >= 4 is 27.3 Å². The molecule has 2 heterocycles. The van der Waals surface area contributed by atoms with Gasteiger partial charge in [0.2, 0.25) is 5.91 Å². The molecule has 2 rings (SSSR count). The van der Waals surface area contributed by atoms with Crippen LogP contribution in [0.15, 0.2) is 46.2 Å². The molecule has 0 aromatic carbocycles. The van der Waals surface area contributed by atoms with Crippen LogP contribution < -0.4 is 10.0 Å². The third kappa shape index (κ3) is 4.12. The van der Waals surface area contributed by atoms with Crippen LogP contribution >= 0.6 is 11.3 Å². The normalized spacial score (nSPS) is 11.2. The van der Waals surface area contributed by atoms with E-state index in [-0.39, 0.29) is 10.8 Å². The van der Waals surface area contributed by atoms with Crippen molar-refractivity contribution in [1.82, 2.24) is 15.0 Å². The molecule has 0 aliphatic heterocycles. The highest BCUT2D eigenvalue weighted by Crippen LogP contribution is 2.14. The highest BCUT2D eigenvalue weighted by molar-refractivity contribution is 7.91. The number of sulfonamides is 1. The molecule has 2 aromatic rings. The molecule has 20 heavy (non-hydrogen) atoms. The summed E-state index contributed by atoms with van der Waals surface area (Å²) in [6.07, 6.45) is 3.27. The number of carbonyl (C=O) groups is 1. The summed E-state index contributed by atoms with van der Waals surface area (Å²) in [5.74, 6) is -0.394. The minimum atomic E-state index is -3.60. The maximum absolute atomic E-state index is 11.8. The summed E-state index contributed by atoms with van der Waals surface area (Å²) in [5, 5.41) is 4.28. The topological polar surface area (TPSA) is 88.2 Å². The van der Waals surface area contributed by atoms with Crippen LogP contribution in [-0.2, 0) is 21.4 Å². The highest BCUT2D eigenvalue weighted by atomic mass is 32.2. The maximum Gasteiger partial charge on any atom is 0.250 e. The molecule has 6 nitrogen and oxygen atoms in total. The van der Waals surface area contributed by atoms with Crippen LogP contribution in [0, 0.1) is 0 Å². The van der Waals surface area contributed by atoms with Crippen LogP contribution in [0.5, 0.6) is 0 Å². The number of pyridine rings is 1. The van der Waals surface area contributed by atoms with Crippen LogP contribution in [-0.4, -0.2) is 25.9 Å². The van der Waals surface area contributed by atoms with Gasteiger partial charge in [0.05, 0.1) is 6.54 Å². The molecular weight excluding hydrogens is 298 g/mol. The van der Waals surface area contributed by atoms with E-state index < -0.39 is 15.9 Å². The van der Waals surface area contributed by atoms with E-state index in [9.17, 15) is 13.2 Å². The molecule has 106 valence electrons. The van der Waals surface area contributed by atoms with Gasteiger partial charge in [0.15, 0.2) is 0 Å². The maximum atomic E-state index is 11.8. The van der Waals surface area contributed by atoms with Crippen LogP contribution in [0.1, 0.15) is 5.56 Å². The van der Waals surface area contributed by atoms with Crippen LogP contribution in [0.3, 0.4) is 0 Å². The minimum Gasteiger partial charge on any atom is -0.351 e. The van der Waals surface area contributed by atoms with Crippen LogP contribution in [0.2, 0.25) is 0 Å². The van der Waals surface area contributed by atoms with E-state index >= 15 is 0 Å². The average molecular weight is 311 g/mol. The first kappa shape index (κ1) is 14.6. The summed E-state index contributed by atoms with van der Waals surface area (Å²) in [4.78, 5) is 15.5. The van der Waals surface area contributed by atoms with Gasteiger partial charge in [-0.3, -0.25) is 9.78 Å². The summed E-state index contributed by atoms with van der Waals surface area (Å²) in [6, 6.07) is 6.71. The number of thiophene rings is 1. The van der Waals surface area contributed by atoms with Crippen LogP contribution in [0.4, 0.5) is 0 Å². The van der Waals surface area contributed by atoms with E-state index in [1.807, 2.05) is 6.07 Å². The van der Waals surface area contributed by atoms with Gasteiger partial charge in [-0.15, -0.1) is 11.3 Å². The van der Waals surface area contributed by atoms with E-state index in [0.717, 1.165) is 16.9 Å². The van der Waals surface area contributed by atoms with Gasteiger partial charge >= 0.3 is 0 Å². The molecule has 0 aliphatic carbocycles. The van der Waals surface area contributed by atoms with Crippen molar-refractivity contribution in [2.75, 3.05) is 6.54 Å². The van der Waals surface area contributed by atoms with E-state index in [0.29, 0.717) is 6.54 Å². The first-order chi connectivity index (χ1) is 9.58. The van der Waals surface area contributed by atoms with Gasteiger partial charge in [0, 0.05) is 18.9 Å². The minimum absolute atomic E-state index is 0.192. The van der Waals surface area contributed by atoms with E-state index in [4.69, 9.17) is 0 Å². The van der Waals surface area contributed by atoms with Crippen molar-refractivity contribution in [3.8, 4) is 0 Å². The molecule has 0 spiro atoms. The fourth-order valence-corrected chi connectivity index (χ4v) is 3.43. The van der Waals surface area contributed by atoms with Gasteiger partial charge in [-0.1, -0.05) is 12.1 Å². The standard InChI is InChI=1S/C12H13N3O3S2/c16-11(14-8-10-3-1-5-13-7-10)9-15-20(17,18)12-4-2-6-19-12/h1-7,15H,8-9H2,(H,14,16). The smallest absolute Gasteiger partial charge is 0.250 e. The van der Waals surface area contributed by atoms with Gasteiger partial charge in [0.1, 0.15) is 4.21 Å². The summed E-state index contributed by atoms with van der Waals surface area (Å²) >= 11 is 1.10. The van der Waals surface area contributed by atoms with Crippen molar-refractivity contribution < 1.29 is 13.2 Å². The Kier molecular flexibility index (Phi) is 4.83. The van der Waals surface area contributed by atoms with Crippen molar-refractivity contribution in [3.63, 3.8) is 0 Å². The van der Waals surface area contributed by atoms with Gasteiger partial charge < -0.3 is 5.32 Å². The SMILES string of the molecule is O=C(CNS(=O)(=O)c1cccs1)NCc1cccnc1. The summed E-state index contributed by atoms with van der Waals surface area (Å²) in [5.41, 5.74) is 0.849. The van der Waals surface area contributed by atoms with Crippen molar-refractivity contribution in [3.05, 3.63) is 47.6 Å². The Morgan fingerprint density at radius 3 is 2.80 bits per heavy atom. The lowest BCUT2D eigenvalue weighted by Gasteiger charge is -2.06. The van der Waals surface area contributed by atoms with Gasteiger partial charge in [-0.25, -0.2) is 13.1 Å². The first-order valence-electron chi connectivity index (χ1n) is 5.77. The Bertz CT molecular complexity index is 655. The lowest BCUT2D eigenvalue weighted by atomic mass is 10.3. The molecule has 2 aromatic heterocycles. The predicted molar refractivity (Wildman–Crippen MR) is 75.6 cm³/mol. The van der Waals surface area contributed by atoms with Crippen molar-refractivity contribution in [2.24, 2.45) is 0 Å². The quantitative estimate of drug-likeness (QED) is 0.823. The number of amides is 1. The zero-order valence-corrected chi connectivity index (χ0v) is 12.1. The zero-order chi connectivity index (χ0) is 14.4. The molecule has 0 radical (unpaired) electrons. The Labute approximate surface area is 120 Å². The summed E-state index contributed by atoms with van der Waals surface area (Å²) in [7, 11) is -3.60. The fourth-order valence-electron chi connectivity index (χ4n) is 1.41. The number of hydrogen-bond donors (Lipinski definition) is 2. The fraction of sp³-hybridized carbons (Fsp3) is 0.167. The van der Waals surface area contributed by atoms with Crippen molar-refractivity contribution in [1.29, 1.82) is 0 Å². The number of nitrogens with one attached hydrogen (secondary N) is 2. The molecule has 0 atom stereocenters. The zero-order valence-electron chi connectivity index (χ0n) is 10.4. The molecule has 0 saturated heterocycles. The largest absolute Gasteiger partial charge is 0.351 e. The van der Waals surface area contributed by atoms with Gasteiger partial charge in [-0.2, -0.15) is 0 Å². The Balaban J connectivity index is 1.81. The lowest BCUT2D eigenvalue weighted by molar-refractivity contribution is -0.120. The summed E-state index contributed by atoms with van der Waals surface area (Å²) in [6.45, 7) is 0.0217. The average Bonchev–Trinajstić information content (AvgIpc) is 2.99. The summed E-state index contributed by atoms with van der Waals surface area (Å²) < 4.78 is 26.0. The molecular formula is C12H13N3O3S2. The second-order valence-corrected chi connectivity index (χ2v) is 6.84. The van der Waals surface area contributed by atoms with E-state index in [1.54, 1.807) is 29.9 Å². The van der Waals surface area contributed by atoms with Gasteiger partial charge in [-0.05, 0) is 23.1 Å². The third-order valence-electron chi connectivity index (χ3n) is 2.40. The highest BCUT2D eigenvalue weighted by Gasteiger charge is 2.15. The molecule has 8 heteroatoms. The number of hydrogen-bond acceptors (Lipinski definition) is 5. The number of rotatable bonds is 6. The molecule has 0 saturated carbocycles. The Morgan fingerprint density at radius 2 is 2.15 bits per heavy atom. The second-order valence-electron chi connectivity index (χ2n) is 3.89. The second kappa shape index (κ2) is 6.60. The van der Waals surface area contributed by atoms with Crippen LogP contribution in [0.25, 0.3) is 0 Å². The molecule has 0 unspecified atom stereocenters. The van der Waals surface area contributed by atoms with Crippen molar-refractivity contribution in [2.45, 2.75) is 10.8 Å². The predicted octanol–water partition coefficient (Wildman–Crippen LogP) is 0.738. The molecule has 0 fully saturated rings. The van der Waals surface area contributed by atoms with E-state index in [2.05, 4.69) is 15.0 Å². The number of aromatic nitrogens is 1. The number of nitrogens with zero attached hydrogens (tertiary/aromatic N) is 1. The van der Waals surface area contributed by atoms with Gasteiger partial charge in [0.25, 0.3) is 10.0 Å².